The lowest BCUT2D eigenvalue weighted by Crippen LogP contribution is -2.21. The molecule has 35 heavy (non-hydrogen) atoms. The number of rotatable bonds is 6. The summed E-state index contributed by atoms with van der Waals surface area (Å²) >= 11 is 0. The third-order valence-corrected chi connectivity index (χ3v) is 6.32. The van der Waals surface area contributed by atoms with Crippen LogP contribution in [0.4, 0.5) is 0 Å². The number of benzene rings is 1. The Bertz CT molecular complexity index is 1600. The number of nitrogens with zero attached hydrogens (tertiary/aromatic N) is 7. The van der Waals surface area contributed by atoms with Crippen molar-refractivity contribution in [1.29, 1.82) is 0 Å². The minimum Gasteiger partial charge on any atom is -0.480 e. The molecule has 1 aromatic carbocycles. The Morgan fingerprint density at radius 3 is 2.57 bits per heavy atom. The Balaban J connectivity index is 1.43. The van der Waals surface area contributed by atoms with Crippen LogP contribution in [0.1, 0.15) is 30.0 Å². The summed E-state index contributed by atoms with van der Waals surface area (Å²) in [7, 11) is 3.54. The molecule has 6 rings (SSSR count). The molecule has 1 aliphatic carbocycles. The Labute approximate surface area is 201 Å². The minimum absolute atomic E-state index is 0.131. The Hall–Kier alpha value is -4.40. The van der Waals surface area contributed by atoms with Gasteiger partial charge in [-0.3, -0.25) is 9.36 Å². The molecule has 0 aliphatic heterocycles. The number of methoxy groups -OCH3 is 1. The largest absolute Gasteiger partial charge is 0.480 e. The molecule has 9 heteroatoms. The van der Waals surface area contributed by atoms with Crippen molar-refractivity contribution in [3.05, 3.63) is 82.9 Å². The fraction of sp³-hybridized carbons (Fsp3) is 0.231. The van der Waals surface area contributed by atoms with Crippen molar-refractivity contribution in [3.8, 4) is 28.7 Å². The highest BCUT2D eigenvalue weighted by Gasteiger charge is 2.31. The minimum atomic E-state index is -0.131. The van der Waals surface area contributed by atoms with E-state index < -0.39 is 0 Å². The zero-order valence-electron chi connectivity index (χ0n) is 19.4. The van der Waals surface area contributed by atoms with Crippen LogP contribution in [0.3, 0.4) is 0 Å². The topological polar surface area (TPSA) is 101 Å². The van der Waals surface area contributed by atoms with Crippen molar-refractivity contribution < 1.29 is 4.74 Å². The Kier molecular flexibility index (Phi) is 5.09. The van der Waals surface area contributed by atoms with Gasteiger partial charge in [0.25, 0.3) is 5.56 Å². The lowest BCUT2D eigenvalue weighted by atomic mass is 10.1. The van der Waals surface area contributed by atoms with Crippen LogP contribution in [0, 0.1) is 0 Å². The zero-order valence-corrected chi connectivity index (χ0v) is 19.4. The first kappa shape index (κ1) is 21.2. The molecule has 1 aliphatic rings. The summed E-state index contributed by atoms with van der Waals surface area (Å²) < 4.78 is 9.17. The molecule has 0 atom stereocenters. The summed E-state index contributed by atoms with van der Waals surface area (Å²) in [4.78, 5) is 35.5. The zero-order chi connectivity index (χ0) is 23.9. The van der Waals surface area contributed by atoms with Crippen LogP contribution in [-0.2, 0) is 13.6 Å². The average molecular weight is 466 g/mol. The number of aryl methyl sites for hydroxylation is 1. The summed E-state index contributed by atoms with van der Waals surface area (Å²) in [5.41, 5.74) is 4.02. The van der Waals surface area contributed by atoms with Crippen LogP contribution in [0.2, 0.25) is 0 Å². The molecule has 4 aromatic heterocycles. The molecule has 0 N–H and O–H groups in total. The molecule has 5 aromatic rings. The second-order valence-corrected chi connectivity index (χ2v) is 8.71. The predicted molar refractivity (Wildman–Crippen MR) is 131 cm³/mol. The van der Waals surface area contributed by atoms with Crippen molar-refractivity contribution in [2.24, 2.45) is 7.05 Å². The first-order valence-corrected chi connectivity index (χ1v) is 11.4. The SMILES string of the molecule is COc1ncnc(C2CC2)c1-c1ncc2ccc(=O)n(Cc3ccc(-c4nccn4C)cc3)c2n1. The monoisotopic (exact) mass is 465 g/mol. The maximum atomic E-state index is 12.9. The quantitative estimate of drug-likeness (QED) is 0.378. The number of ether oxygens (including phenoxy) is 1. The third kappa shape index (κ3) is 3.84. The van der Waals surface area contributed by atoms with Gasteiger partial charge < -0.3 is 9.30 Å². The fourth-order valence-electron chi connectivity index (χ4n) is 4.34. The second-order valence-electron chi connectivity index (χ2n) is 8.71. The summed E-state index contributed by atoms with van der Waals surface area (Å²) in [6, 6.07) is 11.4. The van der Waals surface area contributed by atoms with E-state index in [-0.39, 0.29) is 5.56 Å². The average Bonchev–Trinajstić information content (AvgIpc) is 3.65. The van der Waals surface area contributed by atoms with Gasteiger partial charge in [-0.15, -0.1) is 0 Å². The molecule has 0 bridgehead atoms. The molecular weight excluding hydrogens is 442 g/mol. The highest BCUT2D eigenvalue weighted by atomic mass is 16.5. The first-order valence-electron chi connectivity index (χ1n) is 11.4. The third-order valence-electron chi connectivity index (χ3n) is 6.32. The van der Waals surface area contributed by atoms with Crippen LogP contribution in [0.5, 0.6) is 5.88 Å². The molecule has 0 spiro atoms. The molecule has 0 unspecified atom stereocenters. The fourth-order valence-corrected chi connectivity index (χ4v) is 4.34. The van der Waals surface area contributed by atoms with E-state index in [2.05, 4.69) is 19.9 Å². The van der Waals surface area contributed by atoms with Crippen LogP contribution in [0.15, 0.2) is 66.1 Å². The molecule has 174 valence electrons. The molecule has 9 nitrogen and oxygen atoms in total. The van der Waals surface area contributed by atoms with Gasteiger partial charge in [-0.05, 0) is 24.5 Å². The normalized spacial score (nSPS) is 13.3. The summed E-state index contributed by atoms with van der Waals surface area (Å²) in [6.07, 6.45) is 9.08. The van der Waals surface area contributed by atoms with E-state index in [1.807, 2.05) is 42.1 Å². The van der Waals surface area contributed by atoms with Gasteiger partial charge in [0, 0.05) is 48.6 Å². The van der Waals surface area contributed by atoms with Crippen molar-refractivity contribution in [2.75, 3.05) is 7.11 Å². The van der Waals surface area contributed by atoms with Crippen molar-refractivity contribution >= 4 is 11.0 Å². The van der Waals surface area contributed by atoms with Gasteiger partial charge in [-0.25, -0.2) is 24.9 Å². The predicted octanol–water partition coefficient (Wildman–Crippen LogP) is 3.58. The number of imidazole rings is 1. The molecule has 0 saturated heterocycles. The van der Waals surface area contributed by atoms with E-state index in [1.54, 1.807) is 36.2 Å². The van der Waals surface area contributed by atoms with E-state index in [0.29, 0.717) is 35.4 Å². The van der Waals surface area contributed by atoms with Crippen molar-refractivity contribution in [3.63, 3.8) is 0 Å². The van der Waals surface area contributed by atoms with Crippen molar-refractivity contribution in [1.82, 2.24) is 34.1 Å². The molecule has 1 fully saturated rings. The molecule has 4 heterocycles. The van der Waals surface area contributed by atoms with Crippen LogP contribution < -0.4 is 10.3 Å². The van der Waals surface area contributed by atoms with Gasteiger partial charge in [0.05, 0.1) is 19.3 Å². The maximum absolute atomic E-state index is 12.9. The second kappa shape index (κ2) is 8.43. The van der Waals surface area contributed by atoms with Crippen molar-refractivity contribution in [2.45, 2.75) is 25.3 Å². The van der Waals surface area contributed by atoms with Gasteiger partial charge in [-0.1, -0.05) is 24.3 Å². The van der Waals surface area contributed by atoms with Gasteiger partial charge in [0.2, 0.25) is 5.88 Å². The number of hydrogen-bond acceptors (Lipinski definition) is 7. The Morgan fingerprint density at radius 2 is 1.86 bits per heavy atom. The van der Waals surface area contributed by atoms with Gasteiger partial charge >= 0.3 is 0 Å². The number of hydrogen-bond donors (Lipinski definition) is 0. The van der Waals surface area contributed by atoms with Gasteiger partial charge in [-0.2, -0.15) is 0 Å². The molecule has 0 amide bonds. The highest BCUT2D eigenvalue weighted by molar-refractivity contribution is 5.78. The number of pyridine rings is 1. The smallest absolute Gasteiger partial charge is 0.252 e. The van der Waals surface area contributed by atoms with E-state index >= 15 is 0 Å². The van der Waals surface area contributed by atoms with Crippen LogP contribution in [0.25, 0.3) is 33.8 Å². The van der Waals surface area contributed by atoms with E-state index in [9.17, 15) is 4.79 Å². The number of aromatic nitrogens is 7. The highest BCUT2D eigenvalue weighted by Crippen LogP contribution is 2.44. The molecular formula is C26H23N7O2. The molecule has 1 saturated carbocycles. The number of fused-ring (bicyclic) bond motifs is 1. The van der Waals surface area contributed by atoms with E-state index in [1.165, 1.54) is 6.33 Å². The van der Waals surface area contributed by atoms with E-state index in [4.69, 9.17) is 9.72 Å². The van der Waals surface area contributed by atoms with Gasteiger partial charge in [0.1, 0.15) is 23.4 Å². The standard InChI is InChI=1S/C26H23N7O2/c1-32-12-11-27-24(32)18-5-3-16(4-6-18)14-33-20(34)10-9-19-13-28-23(31-25(19)33)21-22(17-7-8-17)29-15-30-26(21)35-2/h3-6,9-13,15,17H,7-8,14H2,1-2H3. The summed E-state index contributed by atoms with van der Waals surface area (Å²) in [5.74, 6) is 2.15. The lowest BCUT2D eigenvalue weighted by Gasteiger charge is -2.13. The maximum Gasteiger partial charge on any atom is 0.252 e. The van der Waals surface area contributed by atoms with E-state index in [0.717, 1.165) is 40.9 Å². The molecule has 0 radical (unpaired) electrons. The van der Waals surface area contributed by atoms with Crippen LogP contribution >= 0.6 is 0 Å². The first-order chi connectivity index (χ1) is 17.1. The lowest BCUT2D eigenvalue weighted by molar-refractivity contribution is 0.397. The summed E-state index contributed by atoms with van der Waals surface area (Å²) in [6.45, 7) is 0.380. The van der Waals surface area contributed by atoms with Crippen LogP contribution in [-0.4, -0.2) is 41.2 Å². The Morgan fingerprint density at radius 1 is 1.03 bits per heavy atom. The van der Waals surface area contributed by atoms with Gasteiger partial charge in [0.15, 0.2) is 5.82 Å². The summed E-state index contributed by atoms with van der Waals surface area (Å²) in [5, 5.41) is 0.779.